The number of halogens is 3. The van der Waals surface area contributed by atoms with Crippen LogP contribution in [-0.2, 0) is 0 Å². The topological polar surface area (TPSA) is 37.3 Å². The summed E-state index contributed by atoms with van der Waals surface area (Å²) in [4.78, 5) is 11.1. The summed E-state index contributed by atoms with van der Waals surface area (Å²) in [6.45, 7) is 0. The van der Waals surface area contributed by atoms with Gasteiger partial charge in [-0.2, -0.15) is 0 Å². The largest absolute Gasteiger partial charge is 0.506 e. The van der Waals surface area contributed by atoms with E-state index in [0.717, 1.165) is 12.1 Å². The minimum Gasteiger partial charge on any atom is -0.506 e. The van der Waals surface area contributed by atoms with E-state index in [1.54, 1.807) is 0 Å². The predicted molar refractivity (Wildman–Crippen MR) is 50.8 cm³/mol. The van der Waals surface area contributed by atoms with Gasteiger partial charge < -0.3 is 5.11 Å². The fraction of sp³-hybridized carbons (Fsp3) is 0.125. The number of hydrogen-bond donors (Lipinski definition) is 1. The fourth-order valence-electron chi connectivity index (χ4n) is 0.851. The van der Waals surface area contributed by atoms with Crippen molar-refractivity contribution in [2.24, 2.45) is 0 Å². The van der Waals surface area contributed by atoms with Crippen LogP contribution in [0.4, 0.5) is 4.39 Å². The van der Waals surface area contributed by atoms with Gasteiger partial charge in [0.2, 0.25) is 0 Å². The van der Waals surface area contributed by atoms with E-state index in [0.29, 0.717) is 0 Å². The SMILES string of the molecule is O=C(CCl)c1cc(F)cc(Br)c1O. The molecule has 0 spiro atoms. The third-order valence-electron chi connectivity index (χ3n) is 1.45. The summed E-state index contributed by atoms with van der Waals surface area (Å²) in [5, 5.41) is 9.33. The van der Waals surface area contributed by atoms with Crippen molar-refractivity contribution in [3.05, 3.63) is 28.0 Å². The quantitative estimate of drug-likeness (QED) is 0.661. The monoisotopic (exact) mass is 266 g/mol. The van der Waals surface area contributed by atoms with Gasteiger partial charge in [0.15, 0.2) is 5.78 Å². The average molecular weight is 267 g/mol. The second-order valence-electron chi connectivity index (χ2n) is 2.34. The van der Waals surface area contributed by atoms with Crippen LogP contribution in [-0.4, -0.2) is 16.8 Å². The maximum absolute atomic E-state index is 12.8. The molecule has 1 N–H and O–H groups in total. The maximum Gasteiger partial charge on any atom is 0.181 e. The van der Waals surface area contributed by atoms with Crippen LogP contribution < -0.4 is 0 Å². The van der Waals surface area contributed by atoms with E-state index < -0.39 is 11.6 Å². The first kappa shape index (κ1) is 10.5. The molecule has 1 aromatic rings. The molecule has 5 heteroatoms. The van der Waals surface area contributed by atoms with Crippen molar-refractivity contribution < 1.29 is 14.3 Å². The molecule has 1 rings (SSSR count). The van der Waals surface area contributed by atoms with Crippen molar-refractivity contribution in [1.82, 2.24) is 0 Å². The molecule has 70 valence electrons. The van der Waals surface area contributed by atoms with Gasteiger partial charge in [0.25, 0.3) is 0 Å². The Morgan fingerprint density at radius 3 is 2.77 bits per heavy atom. The fourth-order valence-corrected chi connectivity index (χ4v) is 1.43. The van der Waals surface area contributed by atoms with Crippen LogP contribution in [0.5, 0.6) is 5.75 Å². The lowest BCUT2D eigenvalue weighted by Gasteiger charge is -2.03. The van der Waals surface area contributed by atoms with Gasteiger partial charge in [-0.05, 0) is 28.1 Å². The Hall–Kier alpha value is -0.610. The Labute approximate surface area is 87.5 Å². The van der Waals surface area contributed by atoms with E-state index >= 15 is 0 Å². The summed E-state index contributed by atoms with van der Waals surface area (Å²) in [6.07, 6.45) is 0. The molecule has 0 saturated carbocycles. The van der Waals surface area contributed by atoms with Crippen molar-refractivity contribution >= 4 is 33.3 Å². The van der Waals surface area contributed by atoms with Crippen molar-refractivity contribution in [3.8, 4) is 5.75 Å². The maximum atomic E-state index is 12.8. The zero-order valence-corrected chi connectivity index (χ0v) is 8.69. The molecule has 0 aromatic heterocycles. The lowest BCUT2D eigenvalue weighted by molar-refractivity contribution is 0.101. The van der Waals surface area contributed by atoms with E-state index in [9.17, 15) is 14.3 Å². The number of carbonyl (C=O) groups is 1. The molecule has 0 aliphatic rings. The number of rotatable bonds is 2. The molecule has 0 radical (unpaired) electrons. The molecular formula is C8H5BrClFO2. The van der Waals surface area contributed by atoms with Crippen LogP contribution >= 0.6 is 27.5 Å². The molecule has 2 nitrogen and oxygen atoms in total. The van der Waals surface area contributed by atoms with Crippen molar-refractivity contribution in [2.45, 2.75) is 0 Å². The van der Waals surface area contributed by atoms with Gasteiger partial charge in [-0.15, -0.1) is 11.6 Å². The normalized spacial score (nSPS) is 10.1. The van der Waals surface area contributed by atoms with Crippen LogP contribution in [0.3, 0.4) is 0 Å². The number of aromatic hydroxyl groups is 1. The first-order valence-corrected chi connectivity index (χ1v) is 4.66. The number of Topliss-reactive ketones (excluding diaryl/α,β-unsaturated/α-hetero) is 1. The summed E-state index contributed by atoms with van der Waals surface area (Å²) >= 11 is 8.17. The van der Waals surface area contributed by atoms with Crippen molar-refractivity contribution in [2.75, 3.05) is 5.88 Å². The number of carbonyl (C=O) groups excluding carboxylic acids is 1. The average Bonchev–Trinajstić information content (AvgIpc) is 2.10. The van der Waals surface area contributed by atoms with E-state index in [-0.39, 0.29) is 21.7 Å². The highest BCUT2D eigenvalue weighted by Crippen LogP contribution is 2.29. The Bertz CT molecular complexity index is 354. The number of alkyl halides is 1. The molecule has 0 aliphatic heterocycles. The van der Waals surface area contributed by atoms with Crippen LogP contribution in [0.2, 0.25) is 0 Å². The summed E-state index contributed by atoms with van der Waals surface area (Å²) in [5.41, 5.74) is -0.109. The van der Waals surface area contributed by atoms with E-state index in [1.165, 1.54) is 0 Å². The predicted octanol–water partition coefficient (Wildman–Crippen LogP) is 2.72. The van der Waals surface area contributed by atoms with Gasteiger partial charge in [0, 0.05) is 0 Å². The van der Waals surface area contributed by atoms with E-state index in [1.807, 2.05) is 0 Å². The van der Waals surface area contributed by atoms with E-state index in [4.69, 9.17) is 11.6 Å². The zero-order chi connectivity index (χ0) is 10.0. The third kappa shape index (κ3) is 2.19. The Kier molecular flexibility index (Phi) is 3.27. The molecule has 13 heavy (non-hydrogen) atoms. The summed E-state index contributed by atoms with van der Waals surface area (Å²) in [7, 11) is 0. The number of hydrogen-bond acceptors (Lipinski definition) is 2. The lowest BCUT2D eigenvalue weighted by atomic mass is 10.1. The Morgan fingerprint density at radius 2 is 2.23 bits per heavy atom. The highest BCUT2D eigenvalue weighted by atomic mass is 79.9. The summed E-state index contributed by atoms with van der Waals surface area (Å²) < 4.78 is 12.9. The molecule has 0 bridgehead atoms. The van der Waals surface area contributed by atoms with Crippen LogP contribution in [0.25, 0.3) is 0 Å². The number of phenols is 1. The first-order valence-electron chi connectivity index (χ1n) is 3.33. The Balaban J connectivity index is 3.28. The van der Waals surface area contributed by atoms with Gasteiger partial charge in [0.05, 0.1) is 15.9 Å². The van der Waals surface area contributed by atoms with Crippen molar-refractivity contribution in [1.29, 1.82) is 0 Å². The smallest absolute Gasteiger partial charge is 0.181 e. The first-order chi connectivity index (χ1) is 6.06. The molecule has 0 aliphatic carbocycles. The van der Waals surface area contributed by atoms with Gasteiger partial charge in [-0.25, -0.2) is 4.39 Å². The summed E-state index contributed by atoms with van der Waals surface area (Å²) in [5.74, 6) is -1.69. The molecule has 0 saturated heterocycles. The highest BCUT2D eigenvalue weighted by molar-refractivity contribution is 9.10. The number of ketones is 1. The molecule has 0 unspecified atom stereocenters. The van der Waals surface area contributed by atoms with Gasteiger partial charge in [-0.3, -0.25) is 4.79 Å². The lowest BCUT2D eigenvalue weighted by Crippen LogP contribution is -2.01. The number of benzene rings is 1. The van der Waals surface area contributed by atoms with Crippen LogP contribution in [0, 0.1) is 5.82 Å². The zero-order valence-electron chi connectivity index (χ0n) is 6.35. The minimum atomic E-state index is -0.599. The van der Waals surface area contributed by atoms with Crippen LogP contribution in [0.1, 0.15) is 10.4 Å². The van der Waals surface area contributed by atoms with Crippen LogP contribution in [0.15, 0.2) is 16.6 Å². The second-order valence-corrected chi connectivity index (χ2v) is 3.46. The Morgan fingerprint density at radius 1 is 1.62 bits per heavy atom. The molecule has 0 amide bonds. The second kappa shape index (κ2) is 4.07. The molecular weight excluding hydrogens is 262 g/mol. The standard InChI is InChI=1S/C8H5BrClFO2/c9-6-2-4(11)1-5(8(6)13)7(12)3-10/h1-2,13H,3H2. The minimum absolute atomic E-state index is 0.109. The number of phenolic OH excluding ortho intramolecular Hbond substituents is 1. The van der Waals surface area contributed by atoms with Crippen molar-refractivity contribution in [3.63, 3.8) is 0 Å². The van der Waals surface area contributed by atoms with E-state index in [2.05, 4.69) is 15.9 Å². The third-order valence-corrected chi connectivity index (χ3v) is 2.30. The highest BCUT2D eigenvalue weighted by Gasteiger charge is 2.14. The van der Waals surface area contributed by atoms with Gasteiger partial charge in [0.1, 0.15) is 11.6 Å². The molecule has 1 aromatic carbocycles. The molecule has 0 fully saturated rings. The summed E-state index contributed by atoms with van der Waals surface area (Å²) in [6, 6.07) is 2.02. The van der Waals surface area contributed by atoms with Gasteiger partial charge in [-0.1, -0.05) is 0 Å². The molecule has 0 atom stereocenters. The van der Waals surface area contributed by atoms with Gasteiger partial charge >= 0.3 is 0 Å². The molecule has 0 heterocycles.